The summed E-state index contributed by atoms with van der Waals surface area (Å²) >= 11 is 0.845. The topological polar surface area (TPSA) is 86.0 Å². The standard InChI is InChI=1S/C11H11F2N5OS/c1-2-19-10-15-9(18-14)16-11(17-10)20-8-5-6(12)3-4-7(8)13/h3-5H,2,14H2,1H3,(H,15,16,17,18). The van der Waals surface area contributed by atoms with Crippen LogP contribution in [0, 0.1) is 11.6 Å². The molecule has 1 heterocycles. The Kier molecular flexibility index (Phi) is 4.64. The second-order valence-electron chi connectivity index (χ2n) is 3.48. The number of nitrogens with zero attached hydrogens (tertiary/aromatic N) is 3. The Labute approximate surface area is 117 Å². The molecule has 0 aliphatic rings. The largest absolute Gasteiger partial charge is 0.464 e. The summed E-state index contributed by atoms with van der Waals surface area (Å²) in [4.78, 5) is 11.8. The average molecular weight is 299 g/mol. The van der Waals surface area contributed by atoms with E-state index < -0.39 is 11.6 Å². The van der Waals surface area contributed by atoms with Crippen LogP contribution in [0.5, 0.6) is 6.01 Å². The first-order chi connectivity index (χ1) is 9.62. The van der Waals surface area contributed by atoms with Gasteiger partial charge in [-0.05, 0) is 36.9 Å². The van der Waals surface area contributed by atoms with Crippen molar-refractivity contribution in [3.05, 3.63) is 29.8 Å². The molecule has 0 aliphatic heterocycles. The third-order valence-corrected chi connectivity index (χ3v) is 2.99. The van der Waals surface area contributed by atoms with Crippen molar-refractivity contribution in [2.24, 2.45) is 5.84 Å². The molecule has 0 amide bonds. The second-order valence-corrected chi connectivity index (χ2v) is 4.49. The second kappa shape index (κ2) is 6.44. The summed E-state index contributed by atoms with van der Waals surface area (Å²) < 4.78 is 31.8. The maximum atomic E-state index is 13.6. The molecule has 1 aromatic heterocycles. The summed E-state index contributed by atoms with van der Waals surface area (Å²) in [6.45, 7) is 2.12. The molecule has 0 aliphatic carbocycles. The van der Waals surface area contributed by atoms with E-state index in [0.717, 1.165) is 30.0 Å². The number of nitrogens with one attached hydrogen (secondary N) is 1. The van der Waals surface area contributed by atoms with Crippen LogP contribution in [0.4, 0.5) is 14.7 Å². The van der Waals surface area contributed by atoms with Gasteiger partial charge in [0.1, 0.15) is 11.6 Å². The van der Waals surface area contributed by atoms with E-state index >= 15 is 0 Å². The quantitative estimate of drug-likeness (QED) is 0.645. The fourth-order valence-electron chi connectivity index (χ4n) is 1.30. The fourth-order valence-corrected chi connectivity index (χ4v) is 2.09. The summed E-state index contributed by atoms with van der Waals surface area (Å²) in [5, 5.41) is 0.140. The molecule has 0 saturated heterocycles. The van der Waals surface area contributed by atoms with Gasteiger partial charge in [0.15, 0.2) is 0 Å². The van der Waals surface area contributed by atoms with E-state index in [0.29, 0.717) is 6.61 Å². The van der Waals surface area contributed by atoms with Crippen molar-refractivity contribution in [1.82, 2.24) is 15.0 Å². The zero-order valence-electron chi connectivity index (χ0n) is 10.4. The zero-order chi connectivity index (χ0) is 14.5. The van der Waals surface area contributed by atoms with Gasteiger partial charge in [-0.1, -0.05) is 0 Å². The Morgan fingerprint density at radius 1 is 1.30 bits per heavy atom. The van der Waals surface area contributed by atoms with Gasteiger partial charge in [-0.2, -0.15) is 15.0 Å². The molecular formula is C11H11F2N5OS. The number of hydrogen-bond donors (Lipinski definition) is 2. The molecule has 6 nitrogen and oxygen atoms in total. The lowest BCUT2D eigenvalue weighted by Gasteiger charge is -2.06. The maximum absolute atomic E-state index is 13.6. The normalized spacial score (nSPS) is 10.4. The Morgan fingerprint density at radius 2 is 2.10 bits per heavy atom. The highest BCUT2D eigenvalue weighted by atomic mass is 32.2. The van der Waals surface area contributed by atoms with Crippen molar-refractivity contribution in [3.63, 3.8) is 0 Å². The number of rotatable bonds is 5. The first kappa shape index (κ1) is 14.4. The number of benzene rings is 1. The van der Waals surface area contributed by atoms with E-state index in [1.807, 2.05) is 0 Å². The van der Waals surface area contributed by atoms with Gasteiger partial charge in [-0.3, -0.25) is 5.43 Å². The van der Waals surface area contributed by atoms with E-state index in [-0.39, 0.29) is 22.0 Å². The van der Waals surface area contributed by atoms with E-state index in [1.165, 1.54) is 0 Å². The first-order valence-corrected chi connectivity index (χ1v) is 6.42. The van der Waals surface area contributed by atoms with Gasteiger partial charge in [0.2, 0.25) is 11.1 Å². The number of hydrogen-bond acceptors (Lipinski definition) is 7. The summed E-state index contributed by atoms with van der Waals surface area (Å²) in [6, 6.07) is 3.17. The lowest BCUT2D eigenvalue weighted by Crippen LogP contribution is -2.12. The van der Waals surface area contributed by atoms with Gasteiger partial charge in [0.25, 0.3) is 0 Å². The molecule has 0 unspecified atom stereocenters. The van der Waals surface area contributed by atoms with E-state index in [1.54, 1.807) is 6.92 Å². The monoisotopic (exact) mass is 299 g/mol. The summed E-state index contributed by atoms with van der Waals surface area (Å²) in [5.41, 5.74) is 2.25. The van der Waals surface area contributed by atoms with Gasteiger partial charge in [-0.25, -0.2) is 14.6 Å². The lowest BCUT2D eigenvalue weighted by atomic mass is 10.3. The number of halogens is 2. The molecule has 2 aromatic rings. The summed E-state index contributed by atoms with van der Waals surface area (Å²) in [7, 11) is 0. The van der Waals surface area contributed by atoms with Crippen LogP contribution in [0.25, 0.3) is 0 Å². The van der Waals surface area contributed by atoms with Crippen LogP contribution < -0.4 is 16.0 Å². The molecule has 2 rings (SSSR count). The molecule has 106 valence electrons. The van der Waals surface area contributed by atoms with Crippen LogP contribution in [-0.2, 0) is 0 Å². The number of hydrazine groups is 1. The Hall–Kier alpha value is -2.00. The van der Waals surface area contributed by atoms with Crippen molar-refractivity contribution >= 4 is 17.7 Å². The van der Waals surface area contributed by atoms with Crippen LogP contribution in [0.1, 0.15) is 6.92 Å². The van der Waals surface area contributed by atoms with E-state index in [2.05, 4.69) is 20.4 Å². The molecule has 0 fully saturated rings. The number of anilines is 1. The zero-order valence-corrected chi connectivity index (χ0v) is 11.2. The molecule has 0 atom stereocenters. The minimum Gasteiger partial charge on any atom is -0.464 e. The summed E-state index contributed by atoms with van der Waals surface area (Å²) in [6.07, 6.45) is 0. The highest BCUT2D eigenvalue weighted by molar-refractivity contribution is 7.99. The van der Waals surface area contributed by atoms with Crippen molar-refractivity contribution in [2.45, 2.75) is 17.0 Å². The van der Waals surface area contributed by atoms with Gasteiger partial charge in [-0.15, -0.1) is 0 Å². The van der Waals surface area contributed by atoms with Gasteiger partial charge in [0.05, 0.1) is 11.5 Å². The highest BCUT2D eigenvalue weighted by Crippen LogP contribution is 2.29. The predicted molar refractivity (Wildman–Crippen MR) is 69.3 cm³/mol. The number of nitrogen functional groups attached to an aromatic ring is 1. The third-order valence-electron chi connectivity index (χ3n) is 2.09. The van der Waals surface area contributed by atoms with Crippen LogP contribution in [0.2, 0.25) is 0 Å². The average Bonchev–Trinajstić information content (AvgIpc) is 2.43. The molecule has 9 heteroatoms. The van der Waals surface area contributed by atoms with Crippen molar-refractivity contribution in [2.75, 3.05) is 12.0 Å². The van der Waals surface area contributed by atoms with Crippen molar-refractivity contribution < 1.29 is 13.5 Å². The lowest BCUT2D eigenvalue weighted by molar-refractivity contribution is 0.308. The minimum atomic E-state index is -0.572. The van der Waals surface area contributed by atoms with Crippen LogP contribution in [0.15, 0.2) is 28.3 Å². The molecule has 0 saturated carbocycles. The Morgan fingerprint density at radius 3 is 2.80 bits per heavy atom. The van der Waals surface area contributed by atoms with Gasteiger partial charge >= 0.3 is 6.01 Å². The SMILES string of the molecule is CCOc1nc(NN)nc(Sc2cc(F)ccc2F)n1. The molecule has 0 spiro atoms. The smallest absolute Gasteiger partial charge is 0.322 e. The van der Waals surface area contributed by atoms with Crippen LogP contribution >= 0.6 is 11.8 Å². The van der Waals surface area contributed by atoms with E-state index in [9.17, 15) is 8.78 Å². The highest BCUT2D eigenvalue weighted by Gasteiger charge is 2.11. The van der Waals surface area contributed by atoms with Crippen LogP contribution in [-0.4, -0.2) is 21.6 Å². The Balaban J connectivity index is 2.32. The maximum Gasteiger partial charge on any atom is 0.322 e. The number of ether oxygens (including phenoxy) is 1. The first-order valence-electron chi connectivity index (χ1n) is 5.60. The molecule has 1 aromatic carbocycles. The van der Waals surface area contributed by atoms with Crippen LogP contribution in [0.3, 0.4) is 0 Å². The van der Waals surface area contributed by atoms with Gasteiger partial charge in [0, 0.05) is 0 Å². The fraction of sp³-hybridized carbons (Fsp3) is 0.182. The molecule has 0 bridgehead atoms. The summed E-state index contributed by atoms with van der Waals surface area (Å²) in [5.74, 6) is 4.18. The Bertz CT molecular complexity index is 613. The van der Waals surface area contributed by atoms with E-state index in [4.69, 9.17) is 10.6 Å². The van der Waals surface area contributed by atoms with Crippen molar-refractivity contribution in [3.8, 4) is 6.01 Å². The van der Waals surface area contributed by atoms with Gasteiger partial charge < -0.3 is 4.74 Å². The molecule has 20 heavy (non-hydrogen) atoms. The molecular weight excluding hydrogens is 288 g/mol. The van der Waals surface area contributed by atoms with Crippen molar-refractivity contribution in [1.29, 1.82) is 0 Å². The molecule has 3 N–H and O–H groups in total. The predicted octanol–water partition coefficient (Wildman–Crippen LogP) is 1.99. The third kappa shape index (κ3) is 3.52. The molecule has 0 radical (unpaired) electrons. The number of nitrogens with two attached hydrogens (primary N) is 1. The minimum absolute atomic E-state index is 0.0507. The number of aromatic nitrogens is 3.